The maximum Gasteiger partial charge on any atom is 0.253 e. The summed E-state index contributed by atoms with van der Waals surface area (Å²) in [4.78, 5) is 16.6. The van der Waals surface area contributed by atoms with Gasteiger partial charge in [0, 0.05) is 12.2 Å². The van der Waals surface area contributed by atoms with Crippen LogP contribution in [0, 0.1) is 17.8 Å². The Morgan fingerprint density at radius 1 is 1.38 bits per heavy atom. The van der Waals surface area contributed by atoms with Crippen LogP contribution in [0.3, 0.4) is 0 Å². The molecular formula is C15H18N4OS. The van der Waals surface area contributed by atoms with E-state index in [9.17, 15) is 4.79 Å². The lowest BCUT2D eigenvalue weighted by molar-refractivity contribution is 0.0915. The molecule has 2 fully saturated rings. The number of nitrogens with one attached hydrogen (secondary N) is 1. The maximum atomic E-state index is 12.4. The predicted octanol–water partition coefficient (Wildman–Crippen LogP) is 2.64. The first-order valence-electron chi connectivity index (χ1n) is 7.60. The fraction of sp³-hybridized carbons (Fsp3) is 0.600. The SMILES string of the molecule is CC(NC(=O)c1cnc2nsnc2c1)C1CC2CCC1C2. The number of nitrogens with zero attached hydrogens (tertiary/aromatic N) is 3. The molecule has 0 saturated heterocycles. The summed E-state index contributed by atoms with van der Waals surface area (Å²) in [6.07, 6.45) is 6.96. The van der Waals surface area contributed by atoms with E-state index < -0.39 is 0 Å². The smallest absolute Gasteiger partial charge is 0.253 e. The summed E-state index contributed by atoms with van der Waals surface area (Å²) in [6, 6.07) is 2.01. The van der Waals surface area contributed by atoms with Crippen LogP contribution >= 0.6 is 11.7 Å². The monoisotopic (exact) mass is 302 g/mol. The van der Waals surface area contributed by atoms with E-state index in [0.717, 1.165) is 23.6 Å². The van der Waals surface area contributed by atoms with Crippen LogP contribution in [0.4, 0.5) is 0 Å². The molecule has 2 aliphatic carbocycles. The van der Waals surface area contributed by atoms with Crippen molar-refractivity contribution in [1.82, 2.24) is 19.0 Å². The molecule has 4 unspecified atom stereocenters. The van der Waals surface area contributed by atoms with Gasteiger partial charge in [0.25, 0.3) is 5.91 Å². The molecule has 2 saturated carbocycles. The largest absolute Gasteiger partial charge is 0.349 e. The van der Waals surface area contributed by atoms with Gasteiger partial charge in [0.2, 0.25) is 0 Å². The molecule has 2 aromatic rings. The number of carbonyl (C=O) groups is 1. The number of fused-ring (bicyclic) bond motifs is 3. The molecule has 1 amide bonds. The van der Waals surface area contributed by atoms with Crippen LogP contribution in [0.5, 0.6) is 0 Å². The molecule has 4 atom stereocenters. The van der Waals surface area contributed by atoms with Crippen molar-refractivity contribution in [3.05, 3.63) is 17.8 Å². The molecule has 2 heterocycles. The van der Waals surface area contributed by atoms with Gasteiger partial charge in [-0.3, -0.25) is 4.79 Å². The number of hydrogen-bond acceptors (Lipinski definition) is 5. The van der Waals surface area contributed by atoms with E-state index in [0.29, 0.717) is 22.6 Å². The van der Waals surface area contributed by atoms with E-state index in [1.54, 1.807) is 12.3 Å². The van der Waals surface area contributed by atoms with Crippen LogP contribution in [0.2, 0.25) is 0 Å². The third-order valence-electron chi connectivity index (χ3n) is 5.17. The van der Waals surface area contributed by atoms with E-state index in [4.69, 9.17) is 0 Å². The second kappa shape index (κ2) is 5.02. The highest BCUT2D eigenvalue weighted by Crippen LogP contribution is 2.49. The molecule has 0 radical (unpaired) electrons. The summed E-state index contributed by atoms with van der Waals surface area (Å²) in [5, 5.41) is 3.16. The van der Waals surface area contributed by atoms with Gasteiger partial charge in [-0.25, -0.2) is 4.98 Å². The predicted molar refractivity (Wildman–Crippen MR) is 81.1 cm³/mol. The summed E-state index contributed by atoms with van der Waals surface area (Å²) in [7, 11) is 0. The van der Waals surface area contributed by atoms with Crippen molar-refractivity contribution in [2.24, 2.45) is 17.8 Å². The Kier molecular flexibility index (Phi) is 3.14. The van der Waals surface area contributed by atoms with Gasteiger partial charge in [-0.1, -0.05) is 6.42 Å². The quantitative estimate of drug-likeness (QED) is 0.946. The lowest BCUT2D eigenvalue weighted by Gasteiger charge is -2.28. The van der Waals surface area contributed by atoms with Gasteiger partial charge in [0.15, 0.2) is 5.65 Å². The van der Waals surface area contributed by atoms with Crippen LogP contribution in [0.15, 0.2) is 12.3 Å². The number of pyridine rings is 1. The van der Waals surface area contributed by atoms with E-state index in [1.165, 1.54) is 25.7 Å². The van der Waals surface area contributed by atoms with E-state index in [-0.39, 0.29) is 11.9 Å². The zero-order valence-corrected chi connectivity index (χ0v) is 12.8. The van der Waals surface area contributed by atoms with Gasteiger partial charge in [-0.05, 0) is 50.0 Å². The summed E-state index contributed by atoms with van der Waals surface area (Å²) < 4.78 is 8.19. The Balaban J connectivity index is 1.47. The number of rotatable bonds is 3. The molecule has 2 bridgehead atoms. The van der Waals surface area contributed by atoms with Crippen LogP contribution < -0.4 is 5.32 Å². The lowest BCUT2D eigenvalue weighted by Crippen LogP contribution is -2.40. The highest BCUT2D eigenvalue weighted by atomic mass is 32.1. The average molecular weight is 302 g/mol. The fourth-order valence-electron chi connectivity index (χ4n) is 4.11. The topological polar surface area (TPSA) is 67.8 Å². The fourth-order valence-corrected chi connectivity index (χ4v) is 4.60. The van der Waals surface area contributed by atoms with Crippen LogP contribution in [0.1, 0.15) is 43.0 Å². The van der Waals surface area contributed by atoms with Gasteiger partial charge < -0.3 is 5.32 Å². The molecule has 4 rings (SSSR count). The van der Waals surface area contributed by atoms with Crippen molar-refractivity contribution in [2.45, 2.75) is 38.6 Å². The highest BCUT2D eigenvalue weighted by Gasteiger charge is 2.42. The Hall–Kier alpha value is -1.56. The molecule has 21 heavy (non-hydrogen) atoms. The van der Waals surface area contributed by atoms with Gasteiger partial charge in [0.05, 0.1) is 17.3 Å². The van der Waals surface area contributed by atoms with E-state index in [1.807, 2.05) is 0 Å². The maximum absolute atomic E-state index is 12.4. The molecule has 0 aromatic carbocycles. The molecular weight excluding hydrogens is 284 g/mol. The van der Waals surface area contributed by atoms with Gasteiger partial charge in [-0.15, -0.1) is 0 Å². The van der Waals surface area contributed by atoms with Crippen LogP contribution in [-0.2, 0) is 0 Å². The molecule has 110 valence electrons. The second-order valence-corrected chi connectivity index (χ2v) is 6.96. The van der Waals surface area contributed by atoms with Crippen LogP contribution in [0.25, 0.3) is 11.2 Å². The van der Waals surface area contributed by atoms with Gasteiger partial charge in [0.1, 0.15) is 5.52 Å². The highest BCUT2D eigenvalue weighted by molar-refractivity contribution is 7.00. The summed E-state index contributed by atoms with van der Waals surface area (Å²) >= 11 is 1.12. The molecule has 1 N–H and O–H groups in total. The van der Waals surface area contributed by atoms with Gasteiger partial charge in [-0.2, -0.15) is 8.75 Å². The normalized spacial score (nSPS) is 28.9. The van der Waals surface area contributed by atoms with Crippen LogP contribution in [-0.4, -0.2) is 25.7 Å². The van der Waals surface area contributed by atoms with Crippen molar-refractivity contribution in [1.29, 1.82) is 0 Å². The molecule has 0 aliphatic heterocycles. The minimum absolute atomic E-state index is 0.0485. The molecule has 2 aliphatic rings. The minimum atomic E-state index is -0.0485. The van der Waals surface area contributed by atoms with Crippen molar-refractivity contribution in [3.63, 3.8) is 0 Å². The average Bonchev–Trinajstić information content (AvgIpc) is 3.21. The van der Waals surface area contributed by atoms with Crippen molar-refractivity contribution in [3.8, 4) is 0 Å². The second-order valence-electron chi connectivity index (χ2n) is 6.43. The van der Waals surface area contributed by atoms with Crippen molar-refractivity contribution >= 4 is 28.8 Å². The molecule has 2 aromatic heterocycles. The number of aromatic nitrogens is 3. The number of amides is 1. The first kappa shape index (κ1) is 13.1. The summed E-state index contributed by atoms with van der Waals surface area (Å²) in [5.74, 6) is 2.31. The standard InChI is InChI=1S/C15H18N4OS/c1-8(12-5-9-2-3-10(12)4-9)17-15(20)11-6-13-14(16-7-11)19-21-18-13/h6-10,12H,2-5H2,1H3,(H,17,20). The molecule has 0 spiro atoms. The third kappa shape index (κ3) is 2.31. The molecule has 6 heteroatoms. The zero-order valence-electron chi connectivity index (χ0n) is 12.0. The first-order valence-corrected chi connectivity index (χ1v) is 8.33. The first-order chi connectivity index (χ1) is 10.2. The Morgan fingerprint density at radius 2 is 2.29 bits per heavy atom. The zero-order chi connectivity index (χ0) is 14.4. The Bertz CT molecular complexity index is 685. The number of carbonyl (C=O) groups excluding carboxylic acids is 1. The minimum Gasteiger partial charge on any atom is -0.349 e. The summed E-state index contributed by atoms with van der Waals surface area (Å²) in [5.41, 5.74) is 1.88. The van der Waals surface area contributed by atoms with Crippen molar-refractivity contribution in [2.75, 3.05) is 0 Å². The lowest BCUT2D eigenvalue weighted by atomic mass is 9.84. The number of hydrogen-bond donors (Lipinski definition) is 1. The molecule has 5 nitrogen and oxygen atoms in total. The summed E-state index contributed by atoms with van der Waals surface area (Å²) in [6.45, 7) is 2.14. The van der Waals surface area contributed by atoms with Gasteiger partial charge >= 0.3 is 0 Å². The Morgan fingerprint density at radius 3 is 3.05 bits per heavy atom. The Labute approximate surface area is 127 Å². The van der Waals surface area contributed by atoms with Crippen molar-refractivity contribution < 1.29 is 4.79 Å². The van der Waals surface area contributed by atoms with E-state index >= 15 is 0 Å². The van der Waals surface area contributed by atoms with E-state index in [2.05, 4.69) is 26.0 Å². The third-order valence-corrected chi connectivity index (χ3v) is 5.70.